The minimum atomic E-state index is -1.12. The lowest BCUT2D eigenvalue weighted by Gasteiger charge is -2.34. The van der Waals surface area contributed by atoms with Gasteiger partial charge < -0.3 is 48.2 Å². The summed E-state index contributed by atoms with van der Waals surface area (Å²) in [6.07, 6.45) is 9.08. The first-order valence-corrected chi connectivity index (χ1v) is 45.2. The van der Waals surface area contributed by atoms with Crippen LogP contribution in [-0.4, -0.2) is 200 Å². The lowest BCUT2D eigenvalue weighted by Crippen LogP contribution is -2.41. The fourth-order valence-corrected chi connectivity index (χ4v) is 17.7. The van der Waals surface area contributed by atoms with Crippen LogP contribution >= 0.6 is 12.4 Å². The highest BCUT2D eigenvalue weighted by Gasteiger charge is 2.37. The standard InChI is InChI=1S/C27H33FN4O4.C25H29FN4O4.C24H27FN4O4.C23H26FN3O2.ClH/c1-16(2)23-22-20(17-11-13-31(14-12-17)26(34)36-27(3,4)5)15-21(25(33)35-6)29-24(22)32(30-23)19-9-7-18(28)8-10-19;1-5-34-25(32)29-12-10-16(11-13-29)19-14-20(24(31)33-4)27-23-21(19)22(15(2)3)28-30(23)18-8-6-17(26)7-9-18;1-4-33-24(32)28-11-9-15(10-12-28)18-13-19(23(30)31)26-22-20(18)21(14(2)3)27-29(22)17-7-5-16(25)6-8-17;1-14(2)21-20-18(15-7-5-4-6-8-15)13-19(23(28)29-3)25-22(20)27(26-21)17-11-9-16(24)10-12-17;/h7-10,15-17H,11-14H2,1-6H3;6-9,14-16H,5,10-13H2,1-4H3;5-8,13-15H,4,9-12H2,1-3H3,(H,30,31);9-15H,4-8H2,1-3H3;1H. The van der Waals surface area contributed by atoms with Crippen molar-refractivity contribution in [3.63, 3.8) is 0 Å². The fourth-order valence-electron chi connectivity index (χ4n) is 17.7. The van der Waals surface area contributed by atoms with E-state index in [-0.39, 0.29) is 112 Å². The number of hydrogen-bond donors (Lipinski definition) is 1. The van der Waals surface area contributed by atoms with E-state index in [9.17, 15) is 56.2 Å². The van der Waals surface area contributed by atoms with Gasteiger partial charge in [-0.15, -0.1) is 12.4 Å². The maximum Gasteiger partial charge on any atom is 0.410 e. The zero-order valence-electron chi connectivity index (χ0n) is 78.0. The summed E-state index contributed by atoms with van der Waals surface area (Å²) >= 11 is 0. The molecule has 4 aromatic carbocycles. The summed E-state index contributed by atoms with van der Waals surface area (Å²) in [5, 5.41) is 32.7. The molecule has 4 fully saturated rings. The van der Waals surface area contributed by atoms with Gasteiger partial charge in [-0.1, -0.05) is 74.7 Å². The molecule has 706 valence electrons. The molecule has 34 heteroatoms. The van der Waals surface area contributed by atoms with Crippen LogP contribution in [0.1, 0.15) is 295 Å². The van der Waals surface area contributed by atoms with Crippen molar-refractivity contribution >= 4 is 98.7 Å². The molecule has 0 spiro atoms. The van der Waals surface area contributed by atoms with Gasteiger partial charge in [-0.2, -0.15) is 20.4 Å². The molecule has 8 aromatic heterocycles. The van der Waals surface area contributed by atoms with Crippen LogP contribution in [0.25, 0.3) is 66.9 Å². The molecule has 1 aliphatic carbocycles. The molecule has 1 N–H and O–H groups in total. The number of benzene rings is 4. The average molecular weight is 1850 g/mol. The molecule has 0 atom stereocenters. The largest absolute Gasteiger partial charge is 0.477 e. The highest BCUT2D eigenvalue weighted by Crippen LogP contribution is 2.45. The number of carbonyl (C=O) groups is 7. The molecule has 0 bridgehead atoms. The van der Waals surface area contributed by atoms with E-state index in [2.05, 4.69) is 61.5 Å². The van der Waals surface area contributed by atoms with Crippen LogP contribution in [-0.2, 0) is 28.4 Å². The summed E-state index contributed by atoms with van der Waals surface area (Å²) in [5.74, 6) is -3.00. The number of hydrogen-bond acceptors (Lipinski definition) is 21. The first kappa shape index (κ1) is 99.1. The number of pyridine rings is 4. The number of fused-ring (bicyclic) bond motifs is 4. The van der Waals surface area contributed by atoms with E-state index in [1.807, 2.05) is 40.7 Å². The van der Waals surface area contributed by atoms with Crippen LogP contribution in [0.5, 0.6) is 0 Å². The highest BCUT2D eigenvalue weighted by atomic mass is 35.5. The van der Waals surface area contributed by atoms with E-state index in [1.165, 1.54) is 89.1 Å². The van der Waals surface area contributed by atoms with E-state index in [0.29, 0.717) is 135 Å². The quantitative estimate of drug-likeness (QED) is 0.0474. The molecule has 0 radical (unpaired) electrons. The third-order valence-corrected chi connectivity index (χ3v) is 24.2. The van der Waals surface area contributed by atoms with E-state index < -0.39 is 29.5 Å². The maximum absolute atomic E-state index is 13.6. The zero-order chi connectivity index (χ0) is 94.8. The molecule has 3 aliphatic heterocycles. The Morgan fingerprint density at radius 3 is 0.827 bits per heavy atom. The topological polar surface area (TPSA) is 328 Å². The summed E-state index contributed by atoms with van der Waals surface area (Å²) < 4.78 is 91.5. The monoisotopic (exact) mass is 1850 g/mol. The number of halogens is 5. The number of carboxylic acid groups (broad SMARTS) is 1. The van der Waals surface area contributed by atoms with Crippen molar-refractivity contribution in [2.75, 3.05) is 73.8 Å². The second-order valence-electron chi connectivity index (χ2n) is 35.7. The number of rotatable bonds is 18. The summed E-state index contributed by atoms with van der Waals surface area (Å²) in [6.45, 7) is 29.5. The van der Waals surface area contributed by atoms with Crippen molar-refractivity contribution in [3.8, 4) is 22.7 Å². The number of piperidine rings is 3. The van der Waals surface area contributed by atoms with Gasteiger partial charge >= 0.3 is 42.2 Å². The van der Waals surface area contributed by atoms with Crippen LogP contribution in [0.2, 0.25) is 0 Å². The number of carbonyl (C=O) groups excluding carboxylic acids is 6. The van der Waals surface area contributed by atoms with Crippen LogP contribution in [0, 0.1) is 23.3 Å². The summed E-state index contributed by atoms with van der Waals surface area (Å²) in [5.41, 5.74) is 12.2. The Hall–Kier alpha value is -12.9. The van der Waals surface area contributed by atoms with Crippen LogP contribution in [0.15, 0.2) is 121 Å². The lowest BCUT2D eigenvalue weighted by molar-refractivity contribution is 0.0204. The van der Waals surface area contributed by atoms with Crippen molar-refractivity contribution in [2.45, 2.75) is 214 Å². The van der Waals surface area contributed by atoms with Gasteiger partial charge in [0.1, 0.15) is 28.9 Å². The van der Waals surface area contributed by atoms with E-state index >= 15 is 0 Å². The predicted molar refractivity (Wildman–Crippen MR) is 497 cm³/mol. The number of amides is 3. The molecule has 1 saturated carbocycles. The summed E-state index contributed by atoms with van der Waals surface area (Å²) in [6, 6.07) is 31.2. The van der Waals surface area contributed by atoms with Gasteiger partial charge in [-0.25, -0.2) is 89.8 Å². The zero-order valence-corrected chi connectivity index (χ0v) is 78.8. The van der Waals surface area contributed by atoms with Crippen LogP contribution in [0.4, 0.5) is 31.9 Å². The molecule has 29 nitrogen and oxygen atoms in total. The number of nitrogens with zero attached hydrogens (tertiary/aromatic N) is 15. The Labute approximate surface area is 775 Å². The molecule has 16 rings (SSSR count). The smallest absolute Gasteiger partial charge is 0.410 e. The number of aromatic nitrogens is 12. The van der Waals surface area contributed by atoms with Crippen molar-refractivity contribution in [1.29, 1.82) is 0 Å². The molecule has 3 saturated heterocycles. The first-order valence-electron chi connectivity index (χ1n) is 45.2. The lowest BCUT2D eigenvalue weighted by atomic mass is 9.82. The molecular weight excluding hydrogens is 1730 g/mol. The minimum Gasteiger partial charge on any atom is -0.477 e. The Morgan fingerprint density at radius 1 is 0.368 bits per heavy atom. The normalized spacial score (nSPS) is 14.8. The second kappa shape index (κ2) is 43.2. The van der Waals surface area contributed by atoms with Gasteiger partial charge in [-0.3, -0.25) is 0 Å². The minimum absolute atomic E-state index is 0. The number of ether oxygens (including phenoxy) is 6. The van der Waals surface area contributed by atoms with E-state index in [0.717, 1.165) is 92.3 Å². The van der Waals surface area contributed by atoms with Gasteiger partial charge in [0.15, 0.2) is 45.4 Å². The van der Waals surface area contributed by atoms with Crippen molar-refractivity contribution in [3.05, 3.63) is 212 Å². The molecule has 0 unspecified atom stereocenters. The molecule has 3 amide bonds. The van der Waals surface area contributed by atoms with E-state index in [4.69, 9.17) is 48.8 Å². The average Bonchev–Trinajstić information content (AvgIpc) is 1.62. The van der Waals surface area contributed by atoms with Gasteiger partial charge in [0, 0.05) is 60.8 Å². The van der Waals surface area contributed by atoms with Gasteiger partial charge in [0.25, 0.3) is 0 Å². The van der Waals surface area contributed by atoms with Gasteiger partial charge in [0.2, 0.25) is 0 Å². The predicted octanol–water partition coefficient (Wildman–Crippen LogP) is 21.0. The van der Waals surface area contributed by atoms with Crippen molar-refractivity contribution < 1.29 is 84.7 Å². The maximum atomic E-state index is 13.6. The summed E-state index contributed by atoms with van der Waals surface area (Å²) in [4.78, 5) is 110. The molecule has 133 heavy (non-hydrogen) atoms. The number of esters is 3. The Morgan fingerprint density at radius 2 is 0.602 bits per heavy atom. The number of likely N-dealkylation sites (tertiary alicyclic amines) is 3. The SMILES string of the molecule is CCOC(=O)N1CCC(c2cc(C(=O)O)nc3c2c(C(C)C)nn3-c2ccc(F)cc2)CC1.CCOC(=O)N1CCC(c2cc(C(=O)OC)nc3c2c(C(C)C)nn3-c2ccc(F)cc2)CC1.COC(=O)c1cc(C2CCCCC2)c2c(C(C)C)nn(-c3ccc(F)cc3)c2n1.COC(=O)c1cc(C2CCN(C(=O)OC(C)(C)C)CC2)c2c(C(C)C)nn(-c3ccc(F)cc3)c2n1.Cl. The number of carboxylic acids is 1. The third kappa shape index (κ3) is 22.4. The van der Waals surface area contributed by atoms with Gasteiger partial charge in [-0.05, 0) is 277 Å². The third-order valence-electron chi connectivity index (χ3n) is 24.2. The van der Waals surface area contributed by atoms with E-state index in [1.54, 1.807) is 114 Å². The molecule has 12 aromatic rings. The van der Waals surface area contributed by atoms with Crippen molar-refractivity contribution in [1.82, 2.24) is 73.8 Å². The second-order valence-corrected chi connectivity index (χ2v) is 35.7. The van der Waals surface area contributed by atoms with Crippen LogP contribution in [0.3, 0.4) is 0 Å². The molecule has 11 heterocycles. The molecular formula is C99H116ClF4N15O14. The molecule has 4 aliphatic rings. The Bertz CT molecular complexity index is 6180. The van der Waals surface area contributed by atoms with Crippen LogP contribution < -0.4 is 0 Å². The van der Waals surface area contributed by atoms with Crippen molar-refractivity contribution in [2.24, 2.45) is 0 Å². The Balaban J connectivity index is 0.000000160. The number of methoxy groups -OCH3 is 3. The summed E-state index contributed by atoms with van der Waals surface area (Å²) in [7, 11) is 4.01. The Kier molecular flexibility index (Phi) is 32.2. The van der Waals surface area contributed by atoms with Gasteiger partial charge in [0.05, 0.1) is 80.1 Å². The fraction of sp³-hybridized carbons (Fsp3) is 0.444. The number of aromatic carboxylic acids is 1. The first-order chi connectivity index (χ1) is 63.1. The highest BCUT2D eigenvalue weighted by molar-refractivity contribution is 5.97.